The van der Waals surface area contributed by atoms with Crippen LogP contribution < -0.4 is 0 Å². The van der Waals surface area contributed by atoms with E-state index in [1.165, 1.54) is 49.9 Å². The average Bonchev–Trinajstić information content (AvgIpc) is 2.48. The van der Waals surface area contributed by atoms with Crippen molar-refractivity contribution in [3.05, 3.63) is 36.5 Å². The van der Waals surface area contributed by atoms with Crippen molar-refractivity contribution >= 4 is 11.8 Å². The molecule has 134 valence electrons. The van der Waals surface area contributed by atoms with Gasteiger partial charge in [-0.2, -0.15) is 11.8 Å². The molecule has 2 atom stereocenters. The number of thioether (sulfide) groups is 1. The molecule has 23 heavy (non-hydrogen) atoms. The molecule has 0 aliphatic rings. The molecule has 0 aromatic rings. The van der Waals surface area contributed by atoms with Crippen molar-refractivity contribution < 1.29 is 0 Å². The van der Waals surface area contributed by atoms with Gasteiger partial charge in [0.05, 0.1) is 0 Å². The maximum absolute atomic E-state index is 3.79. The molecule has 0 aromatic carbocycles. The molecule has 0 heterocycles. The van der Waals surface area contributed by atoms with E-state index in [1.54, 1.807) is 0 Å². The van der Waals surface area contributed by atoms with Crippen LogP contribution >= 0.6 is 11.8 Å². The van der Waals surface area contributed by atoms with E-state index in [0.717, 1.165) is 5.25 Å². The molecule has 0 saturated carbocycles. The Labute approximate surface area is 150 Å². The van der Waals surface area contributed by atoms with Crippen LogP contribution in [0.2, 0.25) is 0 Å². The molecule has 0 nitrogen and oxygen atoms in total. The van der Waals surface area contributed by atoms with Gasteiger partial charge in [-0.1, -0.05) is 78.3 Å². The van der Waals surface area contributed by atoms with Crippen LogP contribution in [-0.4, -0.2) is 11.0 Å². The molecule has 0 rings (SSSR count). The van der Waals surface area contributed by atoms with Gasteiger partial charge in [0.2, 0.25) is 0 Å². The lowest BCUT2D eigenvalue weighted by Gasteiger charge is -2.34. The Kier molecular flexibility index (Phi) is 12.7. The molecule has 0 radical (unpaired) electrons. The smallest absolute Gasteiger partial charge is 0.00578 e. The Hall–Kier alpha value is -0.430. The molecular formula is C22H40S. The summed E-state index contributed by atoms with van der Waals surface area (Å²) in [6.45, 7) is 17.8. The highest BCUT2D eigenvalue weighted by Crippen LogP contribution is 2.40. The van der Waals surface area contributed by atoms with Crippen LogP contribution in [0.15, 0.2) is 36.5 Å². The summed E-state index contributed by atoms with van der Waals surface area (Å²) < 4.78 is 0. The van der Waals surface area contributed by atoms with Gasteiger partial charge in [0.1, 0.15) is 0 Å². The zero-order chi connectivity index (χ0) is 17.7. The summed E-state index contributed by atoms with van der Waals surface area (Å²) in [6.07, 6.45) is 16.4. The highest BCUT2D eigenvalue weighted by molar-refractivity contribution is 7.99. The first kappa shape index (κ1) is 22.6. The molecule has 0 aliphatic heterocycles. The second-order valence-electron chi connectivity index (χ2n) is 7.11. The first-order valence-corrected chi connectivity index (χ1v) is 10.6. The molecule has 0 aliphatic carbocycles. The third kappa shape index (κ3) is 9.45. The van der Waals surface area contributed by atoms with Crippen molar-refractivity contribution in [2.45, 2.75) is 85.3 Å². The van der Waals surface area contributed by atoms with Crippen LogP contribution in [0.3, 0.4) is 0 Å². The maximum atomic E-state index is 3.79. The van der Waals surface area contributed by atoms with E-state index in [9.17, 15) is 0 Å². The normalized spacial score (nSPS) is 15.8. The third-order valence-corrected chi connectivity index (χ3v) is 5.94. The van der Waals surface area contributed by atoms with Gasteiger partial charge in [-0.15, -0.1) is 0 Å². The molecule has 2 unspecified atom stereocenters. The minimum absolute atomic E-state index is 0.517. The number of rotatable bonds is 13. The molecule has 0 spiro atoms. The SMILES string of the molecule is C=C/C=C\C(=C/C)C(C)CC(CC(C)(CCC)CCC)SCC. The van der Waals surface area contributed by atoms with Crippen LogP contribution in [0, 0.1) is 11.3 Å². The predicted octanol–water partition coefficient (Wildman–Crippen LogP) is 7.82. The second kappa shape index (κ2) is 12.9. The minimum Gasteiger partial charge on any atom is -0.159 e. The van der Waals surface area contributed by atoms with Crippen LogP contribution in [0.25, 0.3) is 0 Å². The van der Waals surface area contributed by atoms with Crippen molar-refractivity contribution in [2.24, 2.45) is 11.3 Å². The topological polar surface area (TPSA) is 0 Å². The maximum Gasteiger partial charge on any atom is 0.00578 e. The fourth-order valence-corrected chi connectivity index (χ4v) is 5.20. The second-order valence-corrected chi connectivity index (χ2v) is 8.69. The first-order valence-electron chi connectivity index (χ1n) is 9.53. The van der Waals surface area contributed by atoms with E-state index in [0.29, 0.717) is 11.3 Å². The summed E-state index contributed by atoms with van der Waals surface area (Å²) in [5.74, 6) is 1.84. The Morgan fingerprint density at radius 3 is 2.22 bits per heavy atom. The van der Waals surface area contributed by atoms with Gasteiger partial charge in [0, 0.05) is 5.25 Å². The quantitative estimate of drug-likeness (QED) is 0.309. The highest BCUT2D eigenvalue weighted by Gasteiger charge is 2.27. The van der Waals surface area contributed by atoms with E-state index in [1.807, 2.05) is 6.08 Å². The number of allylic oxidation sites excluding steroid dienone is 5. The van der Waals surface area contributed by atoms with Gasteiger partial charge in [0.25, 0.3) is 0 Å². The van der Waals surface area contributed by atoms with Gasteiger partial charge in [-0.05, 0) is 55.3 Å². The number of hydrogen-bond donors (Lipinski definition) is 0. The van der Waals surface area contributed by atoms with E-state index in [2.05, 4.69) is 78.1 Å². The van der Waals surface area contributed by atoms with E-state index < -0.39 is 0 Å². The predicted molar refractivity (Wildman–Crippen MR) is 111 cm³/mol. The lowest BCUT2D eigenvalue weighted by Crippen LogP contribution is -2.24. The zero-order valence-electron chi connectivity index (χ0n) is 16.5. The number of hydrogen-bond acceptors (Lipinski definition) is 1. The monoisotopic (exact) mass is 336 g/mol. The summed E-state index contributed by atoms with van der Waals surface area (Å²) in [7, 11) is 0. The summed E-state index contributed by atoms with van der Waals surface area (Å²) in [5.41, 5.74) is 1.96. The van der Waals surface area contributed by atoms with Gasteiger partial charge in [0.15, 0.2) is 0 Å². The van der Waals surface area contributed by atoms with E-state index >= 15 is 0 Å². The van der Waals surface area contributed by atoms with Crippen molar-refractivity contribution in [1.82, 2.24) is 0 Å². The van der Waals surface area contributed by atoms with Crippen LogP contribution in [0.1, 0.15) is 80.1 Å². The largest absolute Gasteiger partial charge is 0.159 e. The molecular weight excluding hydrogens is 296 g/mol. The minimum atomic E-state index is 0.517. The Morgan fingerprint density at radius 2 is 1.78 bits per heavy atom. The summed E-state index contributed by atoms with van der Waals surface area (Å²) in [5, 5.41) is 0.769. The van der Waals surface area contributed by atoms with Crippen LogP contribution in [0.4, 0.5) is 0 Å². The standard InChI is InChI=1S/C22H40S/c1-8-13-14-20(11-4)19(6)17-21(23-12-5)18-22(7,15-9-2)16-10-3/h8,11,13-14,19,21H,1,9-10,12,15-18H2,2-7H3/b14-13-,20-11+. The molecule has 1 heteroatoms. The van der Waals surface area contributed by atoms with Crippen LogP contribution in [-0.2, 0) is 0 Å². The Bertz CT molecular complexity index is 358. The Morgan fingerprint density at radius 1 is 1.17 bits per heavy atom. The summed E-state index contributed by atoms with van der Waals surface area (Å²) >= 11 is 2.16. The third-order valence-electron chi connectivity index (χ3n) is 4.77. The summed E-state index contributed by atoms with van der Waals surface area (Å²) in [6, 6.07) is 0. The lowest BCUT2D eigenvalue weighted by atomic mass is 9.76. The fourth-order valence-electron chi connectivity index (χ4n) is 3.79. The van der Waals surface area contributed by atoms with E-state index in [-0.39, 0.29) is 0 Å². The van der Waals surface area contributed by atoms with Crippen molar-refractivity contribution in [3.8, 4) is 0 Å². The summed E-state index contributed by atoms with van der Waals surface area (Å²) in [4.78, 5) is 0. The highest BCUT2D eigenvalue weighted by atomic mass is 32.2. The zero-order valence-corrected chi connectivity index (χ0v) is 17.3. The van der Waals surface area contributed by atoms with Gasteiger partial charge in [-0.3, -0.25) is 0 Å². The van der Waals surface area contributed by atoms with E-state index in [4.69, 9.17) is 0 Å². The van der Waals surface area contributed by atoms with Gasteiger partial charge < -0.3 is 0 Å². The van der Waals surface area contributed by atoms with Gasteiger partial charge >= 0.3 is 0 Å². The Balaban J connectivity index is 4.95. The van der Waals surface area contributed by atoms with Crippen molar-refractivity contribution in [2.75, 3.05) is 5.75 Å². The molecule has 0 N–H and O–H groups in total. The van der Waals surface area contributed by atoms with Crippen molar-refractivity contribution in [3.63, 3.8) is 0 Å². The van der Waals surface area contributed by atoms with Crippen LogP contribution in [0.5, 0.6) is 0 Å². The fraction of sp³-hybridized carbons (Fsp3) is 0.727. The molecule has 0 bridgehead atoms. The molecule has 0 fully saturated rings. The average molecular weight is 337 g/mol. The first-order chi connectivity index (χ1) is 11.0. The van der Waals surface area contributed by atoms with Crippen molar-refractivity contribution in [1.29, 1.82) is 0 Å². The molecule has 0 aromatic heterocycles. The van der Waals surface area contributed by atoms with Gasteiger partial charge in [-0.25, -0.2) is 0 Å². The molecule has 0 amide bonds. The lowest BCUT2D eigenvalue weighted by molar-refractivity contribution is 0.237. The molecule has 0 saturated heterocycles.